The Hall–Kier alpha value is -1.13. The third-order valence-electron chi connectivity index (χ3n) is 3.12. The zero-order valence-corrected chi connectivity index (χ0v) is 9.77. The predicted octanol–water partition coefficient (Wildman–Crippen LogP) is 2.17. The second-order valence-corrected chi connectivity index (χ2v) is 4.51. The molecule has 0 heterocycles. The standard InChI is InChI=1S/C13H17FO3/c1-8(15)10-7-9(14)5-6-12(10)17-13-4-2-3-11(13)16/h5-8,11,13,15-16H,2-4H2,1H3. The molecule has 1 saturated carbocycles. The van der Waals surface area contributed by atoms with Gasteiger partial charge in [-0.15, -0.1) is 0 Å². The number of aliphatic hydroxyl groups is 2. The van der Waals surface area contributed by atoms with Crippen LogP contribution in [0.1, 0.15) is 37.9 Å². The molecule has 0 spiro atoms. The molecule has 1 aliphatic rings. The maximum atomic E-state index is 13.1. The predicted molar refractivity (Wildman–Crippen MR) is 61.3 cm³/mol. The molecule has 0 saturated heterocycles. The highest BCUT2D eigenvalue weighted by Crippen LogP contribution is 2.30. The van der Waals surface area contributed by atoms with E-state index in [1.165, 1.54) is 18.2 Å². The number of hydrogen-bond donors (Lipinski definition) is 2. The van der Waals surface area contributed by atoms with Crippen LogP contribution in [0.4, 0.5) is 4.39 Å². The minimum absolute atomic E-state index is 0.252. The lowest BCUT2D eigenvalue weighted by molar-refractivity contribution is 0.0576. The van der Waals surface area contributed by atoms with Crippen molar-refractivity contribution in [3.8, 4) is 5.75 Å². The van der Waals surface area contributed by atoms with Gasteiger partial charge in [-0.2, -0.15) is 0 Å². The summed E-state index contributed by atoms with van der Waals surface area (Å²) in [5.74, 6) is 0.0487. The first kappa shape index (κ1) is 12.3. The minimum atomic E-state index is -0.792. The van der Waals surface area contributed by atoms with Crippen LogP contribution in [0.3, 0.4) is 0 Å². The molecule has 3 unspecified atom stereocenters. The van der Waals surface area contributed by atoms with E-state index < -0.39 is 18.0 Å². The average molecular weight is 240 g/mol. The van der Waals surface area contributed by atoms with Crippen molar-refractivity contribution in [1.82, 2.24) is 0 Å². The van der Waals surface area contributed by atoms with Crippen LogP contribution in [-0.2, 0) is 0 Å². The van der Waals surface area contributed by atoms with Crippen molar-refractivity contribution in [3.63, 3.8) is 0 Å². The van der Waals surface area contributed by atoms with E-state index in [1.54, 1.807) is 6.92 Å². The molecule has 2 N–H and O–H groups in total. The van der Waals surface area contributed by atoms with Crippen LogP contribution in [0.2, 0.25) is 0 Å². The summed E-state index contributed by atoms with van der Waals surface area (Å²) in [7, 11) is 0. The first-order valence-electron chi connectivity index (χ1n) is 5.90. The van der Waals surface area contributed by atoms with Crippen LogP contribution in [0.15, 0.2) is 18.2 Å². The molecule has 1 aromatic rings. The van der Waals surface area contributed by atoms with Crippen molar-refractivity contribution in [2.24, 2.45) is 0 Å². The zero-order chi connectivity index (χ0) is 12.4. The van der Waals surface area contributed by atoms with Crippen molar-refractivity contribution in [2.45, 2.75) is 44.5 Å². The highest BCUT2D eigenvalue weighted by molar-refractivity contribution is 5.35. The van der Waals surface area contributed by atoms with Gasteiger partial charge in [0, 0.05) is 5.56 Å². The largest absolute Gasteiger partial charge is 0.487 e. The van der Waals surface area contributed by atoms with Gasteiger partial charge in [0.2, 0.25) is 0 Å². The maximum Gasteiger partial charge on any atom is 0.125 e. The van der Waals surface area contributed by atoms with E-state index in [0.29, 0.717) is 11.3 Å². The fourth-order valence-electron chi connectivity index (χ4n) is 2.16. The molecule has 1 fully saturated rings. The van der Waals surface area contributed by atoms with E-state index in [4.69, 9.17) is 4.74 Å². The van der Waals surface area contributed by atoms with E-state index in [9.17, 15) is 14.6 Å². The lowest BCUT2D eigenvalue weighted by atomic mass is 10.1. The van der Waals surface area contributed by atoms with Gasteiger partial charge < -0.3 is 14.9 Å². The topological polar surface area (TPSA) is 49.7 Å². The molecule has 0 aliphatic heterocycles. The number of hydrogen-bond acceptors (Lipinski definition) is 3. The molecular formula is C13H17FO3. The summed E-state index contributed by atoms with van der Waals surface area (Å²) in [6.07, 6.45) is 0.934. The maximum absolute atomic E-state index is 13.1. The Labute approximate surface area is 99.8 Å². The number of benzene rings is 1. The molecule has 3 nitrogen and oxygen atoms in total. The van der Waals surface area contributed by atoms with E-state index in [1.807, 2.05) is 0 Å². The summed E-state index contributed by atoms with van der Waals surface area (Å²) < 4.78 is 18.7. The van der Waals surface area contributed by atoms with Crippen molar-refractivity contribution < 1.29 is 19.3 Å². The fourth-order valence-corrected chi connectivity index (χ4v) is 2.16. The summed E-state index contributed by atoms with van der Waals surface area (Å²) >= 11 is 0. The van der Waals surface area contributed by atoms with Crippen molar-refractivity contribution in [2.75, 3.05) is 0 Å². The molecule has 3 atom stereocenters. The fraction of sp³-hybridized carbons (Fsp3) is 0.538. The Morgan fingerprint density at radius 1 is 1.41 bits per heavy atom. The highest BCUT2D eigenvalue weighted by atomic mass is 19.1. The molecule has 1 aromatic carbocycles. The molecule has 0 amide bonds. The summed E-state index contributed by atoms with van der Waals surface area (Å²) in [5.41, 5.74) is 0.420. The molecule has 94 valence electrons. The average Bonchev–Trinajstić information content (AvgIpc) is 2.67. The molecule has 0 radical (unpaired) electrons. The summed E-state index contributed by atoms with van der Waals surface area (Å²) in [4.78, 5) is 0. The smallest absolute Gasteiger partial charge is 0.125 e. The lowest BCUT2D eigenvalue weighted by Crippen LogP contribution is -2.26. The van der Waals surface area contributed by atoms with Gasteiger partial charge in [0.15, 0.2) is 0 Å². The second-order valence-electron chi connectivity index (χ2n) is 4.51. The summed E-state index contributed by atoms with van der Waals surface area (Å²) in [6, 6.07) is 4.06. The molecule has 2 rings (SSSR count). The van der Waals surface area contributed by atoms with E-state index in [0.717, 1.165) is 19.3 Å². The van der Waals surface area contributed by atoms with Gasteiger partial charge in [0.25, 0.3) is 0 Å². The Morgan fingerprint density at radius 3 is 2.76 bits per heavy atom. The molecule has 4 heteroatoms. The minimum Gasteiger partial charge on any atom is -0.487 e. The van der Waals surface area contributed by atoms with Gasteiger partial charge in [0.05, 0.1) is 12.2 Å². The molecule has 17 heavy (non-hydrogen) atoms. The van der Waals surface area contributed by atoms with Crippen LogP contribution in [0.25, 0.3) is 0 Å². The number of rotatable bonds is 3. The van der Waals surface area contributed by atoms with Crippen LogP contribution in [0, 0.1) is 5.82 Å². The van der Waals surface area contributed by atoms with Gasteiger partial charge in [-0.3, -0.25) is 0 Å². The zero-order valence-electron chi connectivity index (χ0n) is 9.77. The Kier molecular flexibility index (Phi) is 3.64. The van der Waals surface area contributed by atoms with Crippen LogP contribution in [0.5, 0.6) is 5.75 Å². The van der Waals surface area contributed by atoms with Crippen LogP contribution >= 0.6 is 0 Å². The molecule has 0 aromatic heterocycles. The van der Waals surface area contributed by atoms with Gasteiger partial charge in [-0.25, -0.2) is 4.39 Å². The Bertz CT molecular complexity index is 392. The van der Waals surface area contributed by atoms with Crippen molar-refractivity contribution in [3.05, 3.63) is 29.6 Å². The van der Waals surface area contributed by atoms with Gasteiger partial charge in [-0.1, -0.05) is 0 Å². The number of halogens is 1. The monoisotopic (exact) mass is 240 g/mol. The van der Waals surface area contributed by atoms with E-state index in [-0.39, 0.29) is 6.10 Å². The number of ether oxygens (including phenoxy) is 1. The Balaban J connectivity index is 2.19. The molecule has 0 bridgehead atoms. The third kappa shape index (κ3) is 2.76. The van der Waals surface area contributed by atoms with Gasteiger partial charge >= 0.3 is 0 Å². The third-order valence-corrected chi connectivity index (χ3v) is 3.12. The second kappa shape index (κ2) is 5.02. The van der Waals surface area contributed by atoms with Crippen molar-refractivity contribution >= 4 is 0 Å². The van der Waals surface area contributed by atoms with Gasteiger partial charge in [0.1, 0.15) is 17.7 Å². The summed E-state index contributed by atoms with van der Waals surface area (Å²) in [5, 5.41) is 19.2. The van der Waals surface area contributed by atoms with E-state index in [2.05, 4.69) is 0 Å². The van der Waals surface area contributed by atoms with Crippen LogP contribution in [-0.4, -0.2) is 22.4 Å². The SMILES string of the molecule is CC(O)c1cc(F)ccc1OC1CCCC1O. The van der Waals surface area contributed by atoms with Crippen LogP contribution < -0.4 is 4.74 Å². The lowest BCUT2D eigenvalue weighted by Gasteiger charge is -2.20. The molecule has 1 aliphatic carbocycles. The van der Waals surface area contributed by atoms with E-state index >= 15 is 0 Å². The van der Waals surface area contributed by atoms with Gasteiger partial charge in [-0.05, 0) is 44.4 Å². The quantitative estimate of drug-likeness (QED) is 0.851. The Morgan fingerprint density at radius 2 is 2.18 bits per heavy atom. The first-order valence-corrected chi connectivity index (χ1v) is 5.90. The first-order chi connectivity index (χ1) is 8.08. The molecular weight excluding hydrogens is 223 g/mol. The highest BCUT2D eigenvalue weighted by Gasteiger charge is 2.27. The van der Waals surface area contributed by atoms with Crippen molar-refractivity contribution in [1.29, 1.82) is 0 Å². The normalized spacial score (nSPS) is 25.9. The summed E-state index contributed by atoms with van der Waals surface area (Å²) in [6.45, 7) is 1.56. The number of aliphatic hydroxyl groups excluding tert-OH is 2.